The van der Waals surface area contributed by atoms with Gasteiger partial charge < -0.3 is 5.32 Å². The number of rotatable bonds is 5. The quantitative estimate of drug-likeness (QED) is 0.430. The average molecular weight is 476 g/mol. The van der Waals surface area contributed by atoms with Crippen molar-refractivity contribution in [2.75, 3.05) is 5.32 Å². The van der Waals surface area contributed by atoms with Crippen LogP contribution >= 0.6 is 0 Å². The number of hydrogen-bond donors (Lipinski definition) is 1. The maximum absolute atomic E-state index is 13.7. The van der Waals surface area contributed by atoms with Gasteiger partial charge in [0.05, 0.1) is 18.2 Å². The number of fused-ring (bicyclic) bond motifs is 1. The van der Waals surface area contributed by atoms with Crippen molar-refractivity contribution in [3.05, 3.63) is 112 Å². The molecule has 35 heavy (non-hydrogen) atoms. The van der Waals surface area contributed by atoms with E-state index < -0.39 is 30.1 Å². The highest BCUT2D eigenvalue weighted by atomic mass is 19.4. The molecule has 1 atom stereocenters. The van der Waals surface area contributed by atoms with Gasteiger partial charge in [-0.1, -0.05) is 72.3 Å². The first-order valence-corrected chi connectivity index (χ1v) is 10.8. The smallest absolute Gasteiger partial charge is 0.352 e. The Morgan fingerprint density at radius 1 is 0.857 bits per heavy atom. The van der Waals surface area contributed by atoms with E-state index in [1.54, 1.807) is 72.8 Å². The lowest BCUT2D eigenvalue weighted by Crippen LogP contribution is -2.30. The third kappa shape index (κ3) is 6.04. The monoisotopic (exact) mass is 476 g/mol. The van der Waals surface area contributed by atoms with E-state index in [0.717, 1.165) is 5.56 Å². The zero-order valence-electron chi connectivity index (χ0n) is 19.2. The van der Waals surface area contributed by atoms with E-state index in [1.165, 1.54) is 19.1 Å². The highest BCUT2D eigenvalue weighted by Crippen LogP contribution is 2.42. The van der Waals surface area contributed by atoms with Crippen LogP contribution in [0.15, 0.2) is 90.1 Å². The van der Waals surface area contributed by atoms with E-state index in [1.807, 2.05) is 6.92 Å². The molecule has 1 aliphatic carbocycles. The molecule has 0 radical (unpaired) electrons. The fraction of sp³-hybridized carbons (Fsp3) is 0.179. The minimum absolute atomic E-state index is 0.116. The molecule has 1 N–H and O–H groups in total. The molecule has 0 amide bonds. The lowest BCUT2D eigenvalue weighted by Gasteiger charge is -2.28. The van der Waals surface area contributed by atoms with Gasteiger partial charge in [0, 0.05) is 35.2 Å². The standard InChI is InChI=1S/C26H20F3NO2.C2H3N/c1-16-11-13-17(14-12-16)21(15-26(27,28)29)22-23(30-18-7-3-2-4-8-18)25(32)20-10-6-5-9-19(20)24(22)31;1-2-3/h2-14,21,30H,15H2,1H3;1H3/t21-;/m1./s1. The topological polar surface area (TPSA) is 70.0 Å². The Morgan fingerprint density at radius 2 is 1.37 bits per heavy atom. The summed E-state index contributed by atoms with van der Waals surface area (Å²) < 4.78 is 41.0. The van der Waals surface area contributed by atoms with Crippen molar-refractivity contribution in [1.82, 2.24) is 0 Å². The molecule has 3 aromatic carbocycles. The number of para-hydroxylation sites is 1. The zero-order valence-corrected chi connectivity index (χ0v) is 19.2. The van der Waals surface area contributed by atoms with Crippen molar-refractivity contribution < 1.29 is 22.8 Å². The van der Waals surface area contributed by atoms with Gasteiger partial charge in [-0.15, -0.1) is 0 Å². The Kier molecular flexibility index (Phi) is 7.87. The summed E-state index contributed by atoms with van der Waals surface area (Å²) in [6.45, 7) is 3.26. The summed E-state index contributed by atoms with van der Waals surface area (Å²) in [6, 6.07) is 23.2. The molecule has 0 saturated heterocycles. The summed E-state index contributed by atoms with van der Waals surface area (Å²) in [5.74, 6) is -2.40. The molecule has 178 valence electrons. The van der Waals surface area contributed by atoms with E-state index in [4.69, 9.17) is 5.26 Å². The number of carbonyl (C=O) groups is 2. The molecule has 0 heterocycles. The highest BCUT2D eigenvalue weighted by Gasteiger charge is 2.41. The summed E-state index contributed by atoms with van der Waals surface area (Å²) in [4.78, 5) is 26.9. The Hall–Kier alpha value is -4.18. The molecule has 0 saturated carbocycles. The van der Waals surface area contributed by atoms with Gasteiger partial charge >= 0.3 is 6.18 Å². The van der Waals surface area contributed by atoms with Gasteiger partial charge in [0.25, 0.3) is 0 Å². The van der Waals surface area contributed by atoms with Gasteiger partial charge in [-0.25, -0.2) is 0 Å². The van der Waals surface area contributed by atoms with Gasteiger partial charge in [-0.3, -0.25) is 9.59 Å². The number of nitrogens with one attached hydrogen (secondary N) is 1. The van der Waals surface area contributed by atoms with Crippen LogP contribution in [0.25, 0.3) is 0 Å². The van der Waals surface area contributed by atoms with E-state index in [-0.39, 0.29) is 22.4 Å². The Bertz CT molecular complexity index is 1290. The van der Waals surface area contributed by atoms with Gasteiger partial charge in [-0.05, 0) is 24.6 Å². The zero-order chi connectivity index (χ0) is 25.6. The number of ketones is 2. The van der Waals surface area contributed by atoms with Gasteiger partial charge in [-0.2, -0.15) is 18.4 Å². The predicted octanol–water partition coefficient (Wildman–Crippen LogP) is 7.01. The third-order valence-electron chi connectivity index (χ3n) is 5.46. The minimum atomic E-state index is -4.54. The summed E-state index contributed by atoms with van der Waals surface area (Å²) >= 11 is 0. The normalized spacial score (nSPS) is 13.8. The number of allylic oxidation sites excluding steroid dienone is 2. The number of carbonyl (C=O) groups excluding carboxylic acids is 2. The molecule has 0 aliphatic heterocycles. The molecular formula is C28H23F3N2O2. The minimum Gasteiger partial charge on any atom is -0.352 e. The Labute approximate surface area is 201 Å². The first-order chi connectivity index (χ1) is 16.7. The number of alkyl halides is 3. The van der Waals surface area contributed by atoms with Crippen molar-refractivity contribution in [3.63, 3.8) is 0 Å². The fourth-order valence-electron chi connectivity index (χ4n) is 3.93. The molecule has 4 nitrogen and oxygen atoms in total. The van der Waals surface area contributed by atoms with Crippen LogP contribution in [0.3, 0.4) is 0 Å². The summed E-state index contributed by atoms with van der Waals surface area (Å²) in [5, 5.41) is 10.3. The number of Topliss-reactive ketones (excluding diaryl/α,β-unsaturated/α-hetero) is 2. The summed E-state index contributed by atoms with van der Waals surface area (Å²) in [6.07, 6.45) is -5.80. The largest absolute Gasteiger partial charge is 0.390 e. The number of hydrogen-bond acceptors (Lipinski definition) is 4. The number of anilines is 1. The number of nitrogens with zero attached hydrogens (tertiary/aromatic N) is 1. The van der Waals surface area contributed by atoms with Crippen LogP contribution in [-0.2, 0) is 0 Å². The van der Waals surface area contributed by atoms with Crippen molar-refractivity contribution in [3.8, 4) is 6.07 Å². The molecule has 0 fully saturated rings. The van der Waals surface area contributed by atoms with Crippen LogP contribution in [-0.4, -0.2) is 17.7 Å². The van der Waals surface area contributed by atoms with Gasteiger partial charge in [0.2, 0.25) is 5.78 Å². The van der Waals surface area contributed by atoms with Crippen molar-refractivity contribution in [2.45, 2.75) is 32.4 Å². The van der Waals surface area contributed by atoms with Gasteiger partial charge in [0.15, 0.2) is 5.78 Å². The van der Waals surface area contributed by atoms with Crippen molar-refractivity contribution in [1.29, 1.82) is 5.26 Å². The van der Waals surface area contributed by atoms with Crippen molar-refractivity contribution in [2.24, 2.45) is 0 Å². The summed E-state index contributed by atoms with van der Waals surface area (Å²) in [7, 11) is 0. The average Bonchev–Trinajstić information content (AvgIpc) is 2.83. The predicted molar refractivity (Wildman–Crippen MR) is 128 cm³/mol. The third-order valence-corrected chi connectivity index (χ3v) is 5.46. The van der Waals surface area contributed by atoms with Crippen LogP contribution in [0, 0.1) is 18.3 Å². The Morgan fingerprint density at radius 3 is 1.91 bits per heavy atom. The second kappa shape index (κ2) is 10.8. The molecule has 0 bridgehead atoms. The number of aryl methyl sites for hydroxylation is 1. The van der Waals surface area contributed by atoms with Gasteiger partial charge in [0.1, 0.15) is 0 Å². The first-order valence-electron chi connectivity index (χ1n) is 10.8. The number of nitriles is 1. The lowest BCUT2D eigenvalue weighted by molar-refractivity contribution is -0.136. The van der Waals surface area contributed by atoms with Crippen LogP contribution < -0.4 is 5.32 Å². The molecule has 1 aliphatic rings. The van der Waals surface area contributed by atoms with Crippen LogP contribution in [0.2, 0.25) is 0 Å². The first kappa shape index (κ1) is 25.4. The molecular weight excluding hydrogens is 453 g/mol. The van der Waals surface area contributed by atoms with Crippen LogP contribution in [0.5, 0.6) is 0 Å². The molecule has 4 rings (SSSR count). The molecule has 0 aromatic heterocycles. The second-order valence-corrected chi connectivity index (χ2v) is 7.99. The van der Waals surface area contributed by atoms with Crippen LogP contribution in [0.1, 0.15) is 51.1 Å². The maximum Gasteiger partial charge on any atom is 0.390 e. The summed E-state index contributed by atoms with van der Waals surface area (Å²) in [5.41, 5.74) is 1.73. The Balaban J connectivity index is 0.00000108. The van der Waals surface area contributed by atoms with E-state index in [0.29, 0.717) is 11.3 Å². The number of benzene rings is 3. The fourth-order valence-corrected chi connectivity index (χ4v) is 3.93. The van der Waals surface area contributed by atoms with E-state index in [9.17, 15) is 22.8 Å². The molecule has 3 aromatic rings. The van der Waals surface area contributed by atoms with Crippen molar-refractivity contribution >= 4 is 17.3 Å². The van der Waals surface area contributed by atoms with E-state index in [2.05, 4.69) is 5.32 Å². The SMILES string of the molecule is CC#N.Cc1ccc([C@@H](CC(F)(F)F)C2=C(Nc3ccccc3)C(=O)c3ccccc3C2=O)cc1. The number of halogens is 3. The molecule has 0 spiro atoms. The highest BCUT2D eigenvalue weighted by molar-refractivity contribution is 6.28. The van der Waals surface area contributed by atoms with E-state index >= 15 is 0 Å². The van der Waals surface area contributed by atoms with Crippen LogP contribution in [0.4, 0.5) is 18.9 Å². The second-order valence-electron chi connectivity index (χ2n) is 7.99. The lowest BCUT2D eigenvalue weighted by atomic mass is 9.77. The molecule has 0 unspecified atom stereocenters. The maximum atomic E-state index is 13.7. The molecule has 7 heteroatoms.